The zero-order chi connectivity index (χ0) is 12.8. The molecule has 1 aromatic carbocycles. The number of hydrogen-bond acceptors (Lipinski definition) is 3. The molecule has 2 rings (SSSR count). The van der Waals surface area contributed by atoms with Crippen LogP contribution in [-0.4, -0.2) is 36.5 Å². The number of β-amino-alcohol motifs (C(OH)–C–C–N with tert-alkyl or cyclic N) is 1. The zero-order valence-electron chi connectivity index (χ0n) is 9.02. The summed E-state index contributed by atoms with van der Waals surface area (Å²) in [6, 6.07) is 4.45. The number of hydrogen-bond donors (Lipinski definition) is 1. The van der Waals surface area contributed by atoms with Gasteiger partial charge in [-0.25, -0.2) is 8.42 Å². The van der Waals surface area contributed by atoms with Crippen LogP contribution in [0.3, 0.4) is 0 Å². The van der Waals surface area contributed by atoms with Crippen LogP contribution < -0.4 is 0 Å². The lowest BCUT2D eigenvalue weighted by Crippen LogP contribution is -2.61. The number of sulfonamides is 1. The molecule has 0 aromatic heterocycles. The summed E-state index contributed by atoms with van der Waals surface area (Å²) in [5, 5.41) is 9.76. The number of rotatable bonds is 2. The number of nitrogens with zero attached hydrogens (tertiary/aromatic N) is 1. The van der Waals surface area contributed by atoms with Gasteiger partial charge in [0.15, 0.2) is 0 Å². The van der Waals surface area contributed by atoms with Crippen LogP contribution in [0.5, 0.6) is 0 Å². The molecule has 1 N–H and O–H groups in total. The zero-order valence-corrected chi connectivity index (χ0v) is 11.3. The number of benzene rings is 1. The summed E-state index contributed by atoms with van der Waals surface area (Å²) in [6.07, 6.45) is 0. The highest BCUT2D eigenvalue weighted by Crippen LogP contribution is 2.34. The Kier molecular flexibility index (Phi) is 3.16. The highest BCUT2D eigenvalue weighted by atomic mass is 35.5. The van der Waals surface area contributed by atoms with E-state index in [9.17, 15) is 13.5 Å². The van der Waals surface area contributed by atoms with Crippen molar-refractivity contribution in [3.05, 3.63) is 28.2 Å². The molecule has 1 aromatic rings. The van der Waals surface area contributed by atoms with E-state index in [1.165, 1.54) is 22.5 Å². The largest absolute Gasteiger partial charge is 0.387 e. The third-order valence-electron chi connectivity index (χ3n) is 2.57. The van der Waals surface area contributed by atoms with Gasteiger partial charge in [0, 0.05) is 13.1 Å². The molecule has 94 valence electrons. The van der Waals surface area contributed by atoms with Crippen molar-refractivity contribution >= 4 is 33.2 Å². The van der Waals surface area contributed by atoms with Crippen LogP contribution in [0.4, 0.5) is 0 Å². The maximum Gasteiger partial charge on any atom is 0.244 e. The second-order valence-electron chi connectivity index (χ2n) is 4.32. The fourth-order valence-corrected chi connectivity index (χ4v) is 4.12. The van der Waals surface area contributed by atoms with Gasteiger partial charge in [0.05, 0.1) is 15.6 Å². The Morgan fingerprint density at radius 3 is 2.47 bits per heavy atom. The Hall–Kier alpha value is -0.330. The van der Waals surface area contributed by atoms with Gasteiger partial charge in [0.2, 0.25) is 10.0 Å². The van der Waals surface area contributed by atoms with Crippen LogP contribution in [0.2, 0.25) is 10.0 Å². The third-order valence-corrected chi connectivity index (χ3v) is 5.33. The first kappa shape index (κ1) is 13.1. The molecule has 0 saturated carbocycles. The minimum absolute atomic E-state index is 0.0145. The van der Waals surface area contributed by atoms with Crippen LogP contribution in [0.25, 0.3) is 0 Å². The van der Waals surface area contributed by atoms with E-state index in [4.69, 9.17) is 23.2 Å². The molecule has 4 nitrogen and oxygen atoms in total. The summed E-state index contributed by atoms with van der Waals surface area (Å²) < 4.78 is 25.5. The van der Waals surface area contributed by atoms with Crippen molar-refractivity contribution in [1.29, 1.82) is 0 Å². The Morgan fingerprint density at radius 1 is 1.35 bits per heavy atom. The van der Waals surface area contributed by atoms with Gasteiger partial charge in [0.25, 0.3) is 0 Å². The van der Waals surface area contributed by atoms with Crippen molar-refractivity contribution in [3.8, 4) is 0 Å². The smallest absolute Gasteiger partial charge is 0.244 e. The Morgan fingerprint density at radius 2 is 1.94 bits per heavy atom. The minimum atomic E-state index is -3.67. The van der Waals surface area contributed by atoms with Gasteiger partial charge in [-0.1, -0.05) is 29.3 Å². The molecule has 0 aliphatic carbocycles. The predicted octanol–water partition coefficient (Wildman–Crippen LogP) is 1.75. The number of halogens is 2. The van der Waals surface area contributed by atoms with Crippen molar-refractivity contribution in [3.63, 3.8) is 0 Å². The van der Waals surface area contributed by atoms with Crippen molar-refractivity contribution in [2.45, 2.75) is 17.4 Å². The summed E-state index contributed by atoms with van der Waals surface area (Å²) in [4.78, 5) is -0.0258. The first-order valence-electron chi connectivity index (χ1n) is 4.91. The quantitative estimate of drug-likeness (QED) is 0.904. The third kappa shape index (κ3) is 2.30. The molecule has 1 saturated heterocycles. The molecule has 0 atom stereocenters. The van der Waals surface area contributed by atoms with Gasteiger partial charge < -0.3 is 5.11 Å². The topological polar surface area (TPSA) is 57.6 Å². The van der Waals surface area contributed by atoms with Crippen LogP contribution in [0.15, 0.2) is 23.1 Å². The summed E-state index contributed by atoms with van der Waals surface area (Å²) >= 11 is 11.7. The minimum Gasteiger partial charge on any atom is -0.387 e. The van der Waals surface area contributed by atoms with E-state index >= 15 is 0 Å². The molecule has 17 heavy (non-hydrogen) atoms. The van der Waals surface area contributed by atoms with E-state index in [-0.39, 0.29) is 28.0 Å². The predicted molar refractivity (Wildman–Crippen MR) is 65.8 cm³/mol. The maximum atomic E-state index is 12.1. The molecule has 1 heterocycles. The van der Waals surface area contributed by atoms with E-state index in [0.29, 0.717) is 0 Å². The van der Waals surface area contributed by atoms with Gasteiger partial charge in [-0.2, -0.15) is 4.31 Å². The average Bonchev–Trinajstić information content (AvgIpc) is 2.18. The first-order valence-corrected chi connectivity index (χ1v) is 7.10. The molecule has 1 aliphatic rings. The lowest BCUT2D eigenvalue weighted by atomic mass is 10.0. The monoisotopic (exact) mass is 295 g/mol. The van der Waals surface area contributed by atoms with Gasteiger partial charge in [0.1, 0.15) is 4.90 Å². The molecule has 0 bridgehead atoms. The molecule has 0 radical (unpaired) electrons. The van der Waals surface area contributed by atoms with Crippen LogP contribution >= 0.6 is 23.2 Å². The van der Waals surface area contributed by atoms with Crippen molar-refractivity contribution < 1.29 is 13.5 Å². The molecule has 1 aliphatic heterocycles. The molecule has 0 spiro atoms. The van der Waals surface area contributed by atoms with Crippen LogP contribution in [0, 0.1) is 0 Å². The second-order valence-corrected chi connectivity index (χ2v) is 7.01. The first-order chi connectivity index (χ1) is 7.74. The lowest BCUT2D eigenvalue weighted by Gasteiger charge is -2.42. The van der Waals surface area contributed by atoms with Gasteiger partial charge in [-0.3, -0.25) is 0 Å². The maximum absolute atomic E-state index is 12.1. The Balaban J connectivity index is 2.37. The average molecular weight is 296 g/mol. The Bertz CT molecular complexity index is 549. The highest BCUT2D eigenvalue weighted by Gasteiger charge is 2.44. The van der Waals surface area contributed by atoms with E-state index in [1.54, 1.807) is 6.92 Å². The van der Waals surface area contributed by atoms with E-state index < -0.39 is 15.6 Å². The molecular formula is C10H11Cl2NO3S. The van der Waals surface area contributed by atoms with Crippen LogP contribution in [0.1, 0.15) is 6.92 Å². The second kappa shape index (κ2) is 4.10. The van der Waals surface area contributed by atoms with Crippen molar-refractivity contribution in [2.24, 2.45) is 0 Å². The lowest BCUT2D eigenvalue weighted by molar-refractivity contribution is -0.0426. The van der Waals surface area contributed by atoms with E-state index in [1.807, 2.05) is 0 Å². The molecule has 0 amide bonds. The van der Waals surface area contributed by atoms with Crippen molar-refractivity contribution in [2.75, 3.05) is 13.1 Å². The standard InChI is InChI=1S/C10H11Cl2NO3S/c1-10(14)5-13(6-10)17(15,16)8-4-2-3-7(11)9(8)12/h2-4,14H,5-6H2,1H3. The molecule has 7 heteroatoms. The summed E-state index contributed by atoms with van der Waals surface area (Å²) in [5.41, 5.74) is -0.960. The SMILES string of the molecule is CC1(O)CN(S(=O)(=O)c2cccc(Cl)c2Cl)C1. The van der Waals surface area contributed by atoms with Crippen molar-refractivity contribution in [1.82, 2.24) is 4.31 Å². The highest BCUT2D eigenvalue weighted by molar-refractivity contribution is 7.89. The number of aliphatic hydroxyl groups is 1. The fraction of sp³-hybridized carbons (Fsp3) is 0.400. The summed E-state index contributed by atoms with van der Waals surface area (Å²) in [7, 11) is -3.67. The molecule has 1 fully saturated rings. The van der Waals surface area contributed by atoms with Crippen LogP contribution in [-0.2, 0) is 10.0 Å². The molecule has 0 unspecified atom stereocenters. The van der Waals surface area contributed by atoms with Gasteiger partial charge >= 0.3 is 0 Å². The summed E-state index contributed by atoms with van der Waals surface area (Å²) in [6.45, 7) is 1.72. The summed E-state index contributed by atoms with van der Waals surface area (Å²) in [5.74, 6) is 0. The Labute approximate surface area is 110 Å². The van der Waals surface area contributed by atoms with Gasteiger partial charge in [-0.05, 0) is 19.1 Å². The van der Waals surface area contributed by atoms with E-state index in [2.05, 4.69) is 0 Å². The van der Waals surface area contributed by atoms with Gasteiger partial charge in [-0.15, -0.1) is 0 Å². The van der Waals surface area contributed by atoms with E-state index in [0.717, 1.165) is 0 Å². The normalized spacial score (nSPS) is 20.0. The molecular weight excluding hydrogens is 285 g/mol. The fourth-order valence-electron chi connectivity index (χ4n) is 1.71.